The van der Waals surface area contributed by atoms with Gasteiger partial charge < -0.3 is 10.4 Å². The van der Waals surface area contributed by atoms with Crippen LogP contribution in [-0.4, -0.2) is 23.8 Å². The summed E-state index contributed by atoms with van der Waals surface area (Å²) in [4.78, 5) is 0. The molecule has 0 amide bonds. The van der Waals surface area contributed by atoms with E-state index >= 15 is 0 Å². The Morgan fingerprint density at radius 1 is 0.938 bits per heavy atom. The van der Waals surface area contributed by atoms with Crippen LogP contribution in [0.1, 0.15) is 60.3 Å². The van der Waals surface area contributed by atoms with Gasteiger partial charge in [-0.25, -0.2) is 0 Å². The van der Waals surface area contributed by atoms with Gasteiger partial charge in [-0.1, -0.05) is 27.7 Å². The van der Waals surface area contributed by atoms with Crippen LogP contribution in [0.15, 0.2) is 0 Å². The lowest BCUT2D eigenvalue weighted by Gasteiger charge is -2.26. The standard InChI is InChI=1S/C14H31NO/c1-11(2)9-14(10-12(3)4)15-13(5)7-6-8-16/h11-16H,6-10H2,1-5H3. The van der Waals surface area contributed by atoms with Crippen LogP contribution in [0.4, 0.5) is 0 Å². The molecule has 1 atom stereocenters. The Labute approximate surface area is 102 Å². The predicted octanol–water partition coefficient (Wildman–Crippen LogP) is 3.20. The Kier molecular flexibility index (Phi) is 8.96. The average molecular weight is 229 g/mol. The summed E-state index contributed by atoms with van der Waals surface area (Å²) in [6.45, 7) is 11.7. The van der Waals surface area contributed by atoms with Crippen molar-refractivity contribution < 1.29 is 5.11 Å². The van der Waals surface area contributed by atoms with Crippen molar-refractivity contribution in [2.75, 3.05) is 6.61 Å². The van der Waals surface area contributed by atoms with E-state index in [0.717, 1.165) is 24.7 Å². The Morgan fingerprint density at radius 3 is 1.81 bits per heavy atom. The average Bonchev–Trinajstić information content (AvgIpc) is 2.12. The van der Waals surface area contributed by atoms with Gasteiger partial charge in [-0.05, 0) is 44.4 Å². The Balaban J connectivity index is 3.98. The highest BCUT2D eigenvalue weighted by atomic mass is 16.2. The Hall–Kier alpha value is -0.0800. The van der Waals surface area contributed by atoms with Gasteiger partial charge in [0.2, 0.25) is 0 Å². The molecule has 2 N–H and O–H groups in total. The Morgan fingerprint density at radius 2 is 1.44 bits per heavy atom. The molecule has 0 saturated carbocycles. The zero-order chi connectivity index (χ0) is 12.6. The monoisotopic (exact) mass is 229 g/mol. The molecule has 1 unspecified atom stereocenters. The van der Waals surface area contributed by atoms with Gasteiger partial charge in [-0.15, -0.1) is 0 Å². The summed E-state index contributed by atoms with van der Waals surface area (Å²) in [7, 11) is 0. The quantitative estimate of drug-likeness (QED) is 0.636. The number of nitrogens with one attached hydrogen (secondary N) is 1. The van der Waals surface area contributed by atoms with Crippen LogP contribution in [0, 0.1) is 11.8 Å². The third-order valence-electron chi connectivity index (χ3n) is 2.83. The van der Waals surface area contributed by atoms with E-state index in [1.807, 2.05) is 0 Å². The molecule has 0 aromatic carbocycles. The first-order chi connectivity index (χ1) is 7.45. The lowest BCUT2D eigenvalue weighted by Crippen LogP contribution is -2.38. The minimum Gasteiger partial charge on any atom is -0.396 e. The van der Waals surface area contributed by atoms with E-state index in [1.54, 1.807) is 0 Å². The lowest BCUT2D eigenvalue weighted by molar-refractivity contribution is 0.266. The van der Waals surface area contributed by atoms with Crippen molar-refractivity contribution in [1.82, 2.24) is 5.32 Å². The first-order valence-corrected chi connectivity index (χ1v) is 6.82. The van der Waals surface area contributed by atoms with Gasteiger partial charge in [-0.3, -0.25) is 0 Å². The van der Waals surface area contributed by atoms with Crippen LogP contribution in [-0.2, 0) is 0 Å². The van der Waals surface area contributed by atoms with Crippen LogP contribution >= 0.6 is 0 Å². The van der Waals surface area contributed by atoms with E-state index in [4.69, 9.17) is 5.11 Å². The van der Waals surface area contributed by atoms with Crippen LogP contribution in [0.3, 0.4) is 0 Å². The molecule has 0 aliphatic rings. The predicted molar refractivity (Wildman–Crippen MR) is 71.6 cm³/mol. The number of aliphatic hydroxyl groups is 1. The molecular weight excluding hydrogens is 198 g/mol. The fourth-order valence-electron chi connectivity index (χ4n) is 2.25. The zero-order valence-electron chi connectivity index (χ0n) is 11.8. The molecule has 0 rings (SSSR count). The second-order valence-corrected chi connectivity index (χ2v) is 5.89. The summed E-state index contributed by atoms with van der Waals surface area (Å²) in [6, 6.07) is 1.16. The van der Waals surface area contributed by atoms with Crippen molar-refractivity contribution in [3.63, 3.8) is 0 Å². The molecule has 0 spiro atoms. The first kappa shape index (κ1) is 15.9. The first-order valence-electron chi connectivity index (χ1n) is 6.82. The number of hydrogen-bond acceptors (Lipinski definition) is 2. The summed E-state index contributed by atoms with van der Waals surface area (Å²) < 4.78 is 0. The van der Waals surface area contributed by atoms with Gasteiger partial charge in [0.05, 0.1) is 0 Å². The molecule has 16 heavy (non-hydrogen) atoms. The molecule has 0 aliphatic heterocycles. The SMILES string of the molecule is CC(C)CC(CC(C)C)NC(C)CCCO. The smallest absolute Gasteiger partial charge is 0.0431 e. The van der Waals surface area contributed by atoms with E-state index in [9.17, 15) is 0 Å². The molecule has 0 heterocycles. The van der Waals surface area contributed by atoms with Crippen molar-refractivity contribution in [1.29, 1.82) is 0 Å². The van der Waals surface area contributed by atoms with Gasteiger partial charge in [0.1, 0.15) is 0 Å². The fourth-order valence-corrected chi connectivity index (χ4v) is 2.25. The molecule has 0 saturated heterocycles. The van der Waals surface area contributed by atoms with E-state index in [-0.39, 0.29) is 0 Å². The molecule has 0 bridgehead atoms. The highest BCUT2D eigenvalue weighted by Crippen LogP contribution is 2.14. The lowest BCUT2D eigenvalue weighted by atomic mass is 9.94. The third kappa shape index (κ3) is 9.17. The number of aliphatic hydroxyl groups excluding tert-OH is 1. The molecule has 0 aromatic heterocycles. The van der Waals surface area contributed by atoms with E-state index in [0.29, 0.717) is 18.7 Å². The summed E-state index contributed by atoms with van der Waals surface area (Å²) in [6.07, 6.45) is 4.48. The van der Waals surface area contributed by atoms with E-state index < -0.39 is 0 Å². The molecule has 0 radical (unpaired) electrons. The van der Waals surface area contributed by atoms with E-state index in [1.165, 1.54) is 12.8 Å². The van der Waals surface area contributed by atoms with Crippen LogP contribution in [0.25, 0.3) is 0 Å². The maximum absolute atomic E-state index is 8.81. The van der Waals surface area contributed by atoms with Gasteiger partial charge in [0.25, 0.3) is 0 Å². The van der Waals surface area contributed by atoms with Crippen molar-refractivity contribution in [2.45, 2.75) is 72.4 Å². The van der Waals surface area contributed by atoms with Crippen LogP contribution in [0.2, 0.25) is 0 Å². The minimum atomic E-state index is 0.311. The summed E-state index contributed by atoms with van der Waals surface area (Å²) in [5.74, 6) is 1.50. The maximum Gasteiger partial charge on any atom is 0.0431 e. The van der Waals surface area contributed by atoms with Crippen LogP contribution in [0.5, 0.6) is 0 Å². The fraction of sp³-hybridized carbons (Fsp3) is 1.00. The van der Waals surface area contributed by atoms with Crippen molar-refractivity contribution in [3.05, 3.63) is 0 Å². The molecule has 98 valence electrons. The van der Waals surface area contributed by atoms with Crippen molar-refractivity contribution in [2.24, 2.45) is 11.8 Å². The van der Waals surface area contributed by atoms with E-state index in [2.05, 4.69) is 39.9 Å². The second kappa shape index (κ2) is 9.00. The number of rotatable bonds is 9. The summed E-state index contributed by atoms with van der Waals surface area (Å²) in [5, 5.41) is 12.5. The third-order valence-corrected chi connectivity index (χ3v) is 2.83. The molecule has 2 heteroatoms. The van der Waals surface area contributed by atoms with Crippen molar-refractivity contribution in [3.8, 4) is 0 Å². The maximum atomic E-state index is 8.81. The normalized spacial score (nSPS) is 14.1. The Bertz CT molecular complexity index is 147. The van der Waals surface area contributed by atoms with Gasteiger partial charge in [0.15, 0.2) is 0 Å². The zero-order valence-corrected chi connectivity index (χ0v) is 11.8. The van der Waals surface area contributed by atoms with Crippen molar-refractivity contribution >= 4 is 0 Å². The van der Waals surface area contributed by atoms with Gasteiger partial charge in [-0.2, -0.15) is 0 Å². The highest BCUT2D eigenvalue weighted by molar-refractivity contribution is 4.74. The summed E-state index contributed by atoms with van der Waals surface area (Å²) >= 11 is 0. The molecular formula is C14H31NO. The molecule has 0 aliphatic carbocycles. The number of hydrogen-bond donors (Lipinski definition) is 2. The minimum absolute atomic E-state index is 0.311. The van der Waals surface area contributed by atoms with Gasteiger partial charge in [0, 0.05) is 18.7 Å². The van der Waals surface area contributed by atoms with Crippen LogP contribution < -0.4 is 5.32 Å². The molecule has 0 fully saturated rings. The summed E-state index contributed by atoms with van der Waals surface area (Å²) in [5.41, 5.74) is 0. The second-order valence-electron chi connectivity index (χ2n) is 5.89. The molecule has 2 nitrogen and oxygen atoms in total. The highest BCUT2D eigenvalue weighted by Gasteiger charge is 2.14. The topological polar surface area (TPSA) is 32.3 Å². The largest absolute Gasteiger partial charge is 0.396 e. The van der Waals surface area contributed by atoms with Gasteiger partial charge >= 0.3 is 0 Å². The molecule has 0 aromatic rings.